The minimum Gasteiger partial charge on any atom is -0.299 e. The third kappa shape index (κ3) is 5.36. The largest absolute Gasteiger partial charge is 0.299 e. The molecule has 152 valence electrons. The van der Waals surface area contributed by atoms with Gasteiger partial charge in [0.1, 0.15) is 0 Å². The van der Waals surface area contributed by atoms with Crippen LogP contribution in [0.5, 0.6) is 0 Å². The third-order valence-electron chi connectivity index (χ3n) is 5.27. The van der Waals surface area contributed by atoms with Gasteiger partial charge in [0.25, 0.3) is 0 Å². The number of rotatable bonds is 7. The molecule has 2 N–H and O–H groups in total. The van der Waals surface area contributed by atoms with E-state index in [0.717, 1.165) is 49.6 Å². The number of hydrogen-bond donors (Lipinski definition) is 2. The van der Waals surface area contributed by atoms with Crippen molar-refractivity contribution in [1.29, 1.82) is 0 Å². The van der Waals surface area contributed by atoms with Gasteiger partial charge in [-0.05, 0) is 50.2 Å². The zero-order valence-electron chi connectivity index (χ0n) is 16.1. The fraction of sp³-hybridized carbons (Fsp3) is 0.333. The zero-order chi connectivity index (χ0) is 20.1. The molecule has 1 unspecified atom stereocenters. The van der Waals surface area contributed by atoms with Crippen molar-refractivity contribution < 1.29 is 8.76 Å². The van der Waals surface area contributed by atoms with Crippen LogP contribution >= 0.6 is 0 Å². The minimum atomic E-state index is -2.02. The van der Waals surface area contributed by atoms with E-state index < -0.39 is 11.3 Å². The van der Waals surface area contributed by atoms with E-state index >= 15 is 0 Å². The smallest absolute Gasteiger partial charge is 0.232 e. The maximum absolute atomic E-state index is 10.8. The van der Waals surface area contributed by atoms with E-state index in [9.17, 15) is 4.21 Å². The van der Waals surface area contributed by atoms with Crippen LogP contribution in [0.1, 0.15) is 35.7 Å². The first-order chi connectivity index (χ1) is 14.2. The molecule has 3 heterocycles. The topological polar surface area (TPSA) is 83.3 Å². The summed E-state index contributed by atoms with van der Waals surface area (Å²) in [6, 6.07) is 16.1. The minimum absolute atomic E-state index is 0.293. The Morgan fingerprint density at radius 2 is 1.90 bits per heavy atom. The molecule has 0 aliphatic carbocycles. The second-order valence-corrected chi connectivity index (χ2v) is 8.09. The molecule has 8 heteroatoms. The lowest BCUT2D eigenvalue weighted by atomic mass is 9.92. The maximum atomic E-state index is 10.8. The summed E-state index contributed by atoms with van der Waals surface area (Å²) in [6.45, 7) is 3.23. The van der Waals surface area contributed by atoms with Gasteiger partial charge in [-0.25, -0.2) is 13.6 Å². The van der Waals surface area contributed by atoms with Crippen molar-refractivity contribution in [3.8, 4) is 5.69 Å². The van der Waals surface area contributed by atoms with Crippen LogP contribution in [-0.4, -0.2) is 41.5 Å². The van der Waals surface area contributed by atoms with E-state index in [-0.39, 0.29) is 0 Å². The summed E-state index contributed by atoms with van der Waals surface area (Å²) in [4.78, 5) is 7.14. The number of aromatic nitrogens is 3. The van der Waals surface area contributed by atoms with Gasteiger partial charge in [-0.2, -0.15) is 5.10 Å². The lowest BCUT2D eigenvalue weighted by Gasteiger charge is -2.31. The third-order valence-corrected chi connectivity index (χ3v) is 5.67. The van der Waals surface area contributed by atoms with Crippen LogP contribution in [0.4, 0.5) is 0 Å². The monoisotopic (exact) mass is 411 g/mol. The Kier molecular flexibility index (Phi) is 6.46. The molecule has 4 rings (SSSR count). The van der Waals surface area contributed by atoms with Crippen molar-refractivity contribution in [3.63, 3.8) is 0 Å². The van der Waals surface area contributed by atoms with Gasteiger partial charge in [0, 0.05) is 29.9 Å². The number of benzene rings is 1. The Morgan fingerprint density at radius 3 is 2.66 bits per heavy atom. The molecule has 1 fully saturated rings. The van der Waals surface area contributed by atoms with Gasteiger partial charge in [-0.1, -0.05) is 24.3 Å². The number of nitrogens with one attached hydrogen (secondary N) is 1. The Labute approximate surface area is 173 Å². The van der Waals surface area contributed by atoms with Crippen LogP contribution in [0.15, 0.2) is 60.9 Å². The van der Waals surface area contributed by atoms with Gasteiger partial charge in [0.05, 0.1) is 24.1 Å². The Bertz CT molecular complexity index is 954. The van der Waals surface area contributed by atoms with Gasteiger partial charge < -0.3 is 0 Å². The van der Waals surface area contributed by atoms with E-state index in [1.165, 1.54) is 5.56 Å². The number of pyridine rings is 1. The molecular weight excluding hydrogens is 386 g/mol. The van der Waals surface area contributed by atoms with E-state index in [2.05, 4.69) is 44.1 Å². The van der Waals surface area contributed by atoms with Gasteiger partial charge in [0.2, 0.25) is 11.3 Å². The Hall–Kier alpha value is -2.39. The van der Waals surface area contributed by atoms with Crippen molar-refractivity contribution >= 4 is 11.3 Å². The van der Waals surface area contributed by atoms with Crippen LogP contribution in [0.3, 0.4) is 0 Å². The van der Waals surface area contributed by atoms with Crippen molar-refractivity contribution in [2.45, 2.75) is 31.8 Å². The summed E-state index contributed by atoms with van der Waals surface area (Å²) >= 11 is -2.02. The highest BCUT2D eigenvalue weighted by molar-refractivity contribution is 7.77. The van der Waals surface area contributed by atoms with E-state index in [4.69, 9.17) is 4.55 Å². The van der Waals surface area contributed by atoms with E-state index in [1.54, 1.807) is 0 Å². The fourth-order valence-electron chi connectivity index (χ4n) is 3.77. The quantitative estimate of drug-likeness (QED) is 0.584. The summed E-state index contributed by atoms with van der Waals surface area (Å²) in [7, 11) is 0. The summed E-state index contributed by atoms with van der Waals surface area (Å²) < 4.78 is 24.1. The number of piperidine rings is 1. The molecule has 0 bridgehead atoms. The van der Waals surface area contributed by atoms with Gasteiger partial charge in [0.15, 0.2) is 0 Å². The molecule has 0 radical (unpaired) electrons. The van der Waals surface area contributed by atoms with Crippen molar-refractivity contribution in [3.05, 3.63) is 77.9 Å². The van der Waals surface area contributed by atoms with Gasteiger partial charge in [-0.15, -0.1) is 0 Å². The molecule has 1 aliphatic rings. The molecule has 2 aromatic heterocycles. The van der Waals surface area contributed by atoms with Gasteiger partial charge in [-0.3, -0.25) is 14.4 Å². The van der Waals surface area contributed by atoms with Crippen LogP contribution in [0, 0.1) is 0 Å². The molecule has 1 aliphatic heterocycles. The number of likely N-dealkylation sites (tertiary alicyclic amines) is 1. The van der Waals surface area contributed by atoms with Crippen LogP contribution in [0.25, 0.3) is 5.69 Å². The fourth-order valence-corrected chi connectivity index (χ4v) is 4.04. The highest BCUT2D eigenvalue weighted by Crippen LogP contribution is 2.27. The summed E-state index contributed by atoms with van der Waals surface area (Å²) in [5.74, 6) is 0.429. The normalized spacial score (nSPS) is 16.7. The second-order valence-electron chi connectivity index (χ2n) is 7.30. The summed E-state index contributed by atoms with van der Waals surface area (Å²) in [5.41, 5.74) is 4.16. The Morgan fingerprint density at radius 1 is 1.10 bits per heavy atom. The zero-order valence-corrected chi connectivity index (χ0v) is 17.0. The molecule has 0 spiro atoms. The number of hydrogen-bond acceptors (Lipinski definition) is 4. The molecule has 29 heavy (non-hydrogen) atoms. The molecular formula is C21H25N5O2S. The van der Waals surface area contributed by atoms with Crippen LogP contribution in [0.2, 0.25) is 0 Å². The lowest BCUT2D eigenvalue weighted by Crippen LogP contribution is -2.32. The van der Waals surface area contributed by atoms with Crippen molar-refractivity contribution in [2.24, 2.45) is 0 Å². The maximum Gasteiger partial charge on any atom is 0.232 e. The molecule has 0 amide bonds. The van der Waals surface area contributed by atoms with E-state index in [0.29, 0.717) is 12.5 Å². The van der Waals surface area contributed by atoms with Crippen LogP contribution < -0.4 is 4.72 Å². The standard InChI is InChI=1S/C21H25N5O2S/c27-29(28)23-14-19-5-4-8-21(24-19)18-9-11-25(12-10-18)15-17-13-22-26(16-17)20-6-2-1-3-7-20/h1-8,13,16,18,23H,9-12,14-15H2,(H,27,28). The van der Waals surface area contributed by atoms with Gasteiger partial charge >= 0.3 is 0 Å². The summed E-state index contributed by atoms with van der Waals surface area (Å²) in [5, 5.41) is 4.49. The van der Waals surface area contributed by atoms with E-state index in [1.807, 2.05) is 41.2 Å². The number of para-hydroxylation sites is 1. The predicted molar refractivity (Wildman–Crippen MR) is 113 cm³/mol. The molecule has 3 aromatic rings. The predicted octanol–water partition coefficient (Wildman–Crippen LogP) is 2.87. The van der Waals surface area contributed by atoms with Crippen molar-refractivity contribution in [2.75, 3.05) is 13.1 Å². The highest BCUT2D eigenvalue weighted by Gasteiger charge is 2.22. The second kappa shape index (κ2) is 9.41. The molecule has 1 saturated heterocycles. The molecule has 1 atom stereocenters. The molecule has 0 saturated carbocycles. The SMILES string of the molecule is O=S(O)NCc1cccc(C2CCN(Cc3cnn(-c4ccccc4)c3)CC2)n1. The highest BCUT2D eigenvalue weighted by atomic mass is 32.2. The van der Waals surface area contributed by atoms with Crippen LogP contribution in [-0.2, 0) is 24.4 Å². The Balaban J connectivity index is 1.31. The van der Waals surface area contributed by atoms with Crippen molar-refractivity contribution in [1.82, 2.24) is 24.4 Å². The first-order valence-corrected chi connectivity index (χ1v) is 10.9. The lowest BCUT2D eigenvalue weighted by molar-refractivity contribution is 0.203. The number of nitrogens with zero attached hydrogens (tertiary/aromatic N) is 4. The molecule has 1 aromatic carbocycles. The average Bonchev–Trinajstić information content (AvgIpc) is 3.22. The average molecular weight is 412 g/mol. The first-order valence-electron chi connectivity index (χ1n) is 9.79. The summed E-state index contributed by atoms with van der Waals surface area (Å²) in [6.07, 6.45) is 6.16. The molecule has 7 nitrogen and oxygen atoms in total. The first kappa shape index (κ1) is 19.9.